The largest absolute Gasteiger partial charge is 0.395 e. The minimum Gasteiger partial charge on any atom is -0.395 e. The van der Waals surface area contributed by atoms with E-state index in [-0.39, 0.29) is 30.8 Å². The van der Waals surface area contributed by atoms with Gasteiger partial charge in [0.15, 0.2) is 11.5 Å². The molecule has 0 aliphatic rings. The standard InChI is InChI=1S/C13H16N2O3S/c1-9(2)15(5-6-16)13(17)10-8-11(18-14-10)12-4-3-7-19-12/h3-4,7-9,16H,5-6H2,1-2H3. The number of carbonyl (C=O) groups is 1. The molecule has 0 radical (unpaired) electrons. The van der Waals surface area contributed by atoms with E-state index in [1.54, 1.807) is 11.0 Å². The Hall–Kier alpha value is -1.66. The SMILES string of the molecule is CC(C)N(CCO)C(=O)c1cc(-c2cccs2)on1. The number of hydrogen-bond acceptors (Lipinski definition) is 5. The number of aromatic nitrogens is 1. The summed E-state index contributed by atoms with van der Waals surface area (Å²) in [7, 11) is 0. The van der Waals surface area contributed by atoms with E-state index in [4.69, 9.17) is 9.63 Å². The Morgan fingerprint density at radius 2 is 2.37 bits per heavy atom. The average molecular weight is 280 g/mol. The highest BCUT2D eigenvalue weighted by Crippen LogP contribution is 2.25. The number of aliphatic hydroxyl groups excluding tert-OH is 1. The van der Waals surface area contributed by atoms with Gasteiger partial charge in [-0.05, 0) is 25.3 Å². The smallest absolute Gasteiger partial charge is 0.276 e. The third-order valence-corrected chi connectivity index (χ3v) is 3.60. The number of nitrogens with zero attached hydrogens (tertiary/aromatic N) is 2. The summed E-state index contributed by atoms with van der Waals surface area (Å²) < 4.78 is 5.19. The van der Waals surface area contributed by atoms with Crippen molar-refractivity contribution in [2.75, 3.05) is 13.2 Å². The van der Waals surface area contributed by atoms with Crippen LogP contribution in [-0.4, -0.2) is 40.3 Å². The number of hydrogen-bond donors (Lipinski definition) is 1. The van der Waals surface area contributed by atoms with E-state index in [9.17, 15) is 4.79 Å². The van der Waals surface area contributed by atoms with Gasteiger partial charge in [-0.3, -0.25) is 4.79 Å². The molecular weight excluding hydrogens is 264 g/mol. The van der Waals surface area contributed by atoms with Crippen LogP contribution in [0.1, 0.15) is 24.3 Å². The van der Waals surface area contributed by atoms with Crippen molar-refractivity contribution in [3.63, 3.8) is 0 Å². The second-order valence-corrected chi connectivity index (χ2v) is 5.32. The predicted molar refractivity (Wildman–Crippen MR) is 73.1 cm³/mol. The maximum absolute atomic E-state index is 12.3. The van der Waals surface area contributed by atoms with Gasteiger partial charge in [-0.2, -0.15) is 0 Å². The zero-order valence-corrected chi connectivity index (χ0v) is 11.7. The zero-order valence-electron chi connectivity index (χ0n) is 10.9. The van der Waals surface area contributed by atoms with Crippen molar-refractivity contribution in [3.8, 4) is 10.6 Å². The summed E-state index contributed by atoms with van der Waals surface area (Å²) in [5.74, 6) is 0.363. The molecule has 0 unspecified atom stereocenters. The normalized spacial score (nSPS) is 10.9. The second kappa shape index (κ2) is 5.99. The van der Waals surface area contributed by atoms with Crippen LogP contribution in [0.25, 0.3) is 10.6 Å². The van der Waals surface area contributed by atoms with Gasteiger partial charge < -0.3 is 14.5 Å². The van der Waals surface area contributed by atoms with Crippen LogP contribution in [0.2, 0.25) is 0 Å². The fourth-order valence-electron chi connectivity index (χ4n) is 1.76. The monoisotopic (exact) mass is 280 g/mol. The molecule has 102 valence electrons. The van der Waals surface area contributed by atoms with Crippen molar-refractivity contribution < 1.29 is 14.4 Å². The van der Waals surface area contributed by atoms with Crippen LogP contribution in [0.3, 0.4) is 0 Å². The van der Waals surface area contributed by atoms with Gasteiger partial charge in [-0.15, -0.1) is 11.3 Å². The molecule has 1 amide bonds. The second-order valence-electron chi connectivity index (χ2n) is 4.37. The first-order chi connectivity index (χ1) is 9.13. The van der Waals surface area contributed by atoms with E-state index in [1.807, 2.05) is 31.4 Å². The highest BCUT2D eigenvalue weighted by molar-refractivity contribution is 7.13. The molecule has 0 atom stereocenters. The van der Waals surface area contributed by atoms with E-state index < -0.39 is 0 Å². The van der Waals surface area contributed by atoms with Crippen LogP contribution >= 0.6 is 11.3 Å². The summed E-state index contributed by atoms with van der Waals surface area (Å²) in [6, 6.07) is 5.46. The van der Waals surface area contributed by atoms with E-state index in [0.717, 1.165) is 4.88 Å². The fraction of sp³-hybridized carbons (Fsp3) is 0.385. The molecule has 5 nitrogen and oxygen atoms in total. The van der Waals surface area contributed by atoms with Crippen molar-refractivity contribution in [3.05, 3.63) is 29.3 Å². The van der Waals surface area contributed by atoms with Gasteiger partial charge in [0.2, 0.25) is 0 Å². The Morgan fingerprint density at radius 1 is 1.58 bits per heavy atom. The van der Waals surface area contributed by atoms with Gasteiger partial charge in [-0.1, -0.05) is 11.2 Å². The molecule has 1 N–H and O–H groups in total. The quantitative estimate of drug-likeness (QED) is 0.912. The van der Waals surface area contributed by atoms with Crippen LogP contribution in [0.4, 0.5) is 0 Å². The number of thiophene rings is 1. The lowest BCUT2D eigenvalue weighted by molar-refractivity contribution is 0.0655. The van der Waals surface area contributed by atoms with E-state index in [2.05, 4.69) is 5.16 Å². The van der Waals surface area contributed by atoms with Gasteiger partial charge in [0, 0.05) is 18.7 Å². The van der Waals surface area contributed by atoms with Gasteiger partial charge in [0.1, 0.15) is 0 Å². The summed E-state index contributed by atoms with van der Waals surface area (Å²) in [5, 5.41) is 14.8. The zero-order chi connectivity index (χ0) is 13.8. The molecule has 2 rings (SSSR count). The fourth-order valence-corrected chi connectivity index (χ4v) is 2.43. The first-order valence-electron chi connectivity index (χ1n) is 6.06. The van der Waals surface area contributed by atoms with Gasteiger partial charge in [0.25, 0.3) is 5.91 Å². The lowest BCUT2D eigenvalue weighted by Crippen LogP contribution is -2.39. The van der Waals surface area contributed by atoms with Crippen molar-refractivity contribution in [2.24, 2.45) is 0 Å². The number of aliphatic hydroxyl groups is 1. The maximum Gasteiger partial charge on any atom is 0.276 e. The minimum atomic E-state index is -0.226. The summed E-state index contributed by atoms with van der Waals surface area (Å²) in [6.45, 7) is 4.01. The third-order valence-electron chi connectivity index (χ3n) is 2.72. The summed E-state index contributed by atoms with van der Waals surface area (Å²) in [5.41, 5.74) is 0.269. The van der Waals surface area contributed by atoms with E-state index in [0.29, 0.717) is 5.76 Å². The minimum absolute atomic E-state index is 0.00142. The Labute approximate surface area is 115 Å². The third kappa shape index (κ3) is 3.02. The predicted octanol–water partition coefficient (Wildman–Crippen LogP) is 2.25. The Balaban J connectivity index is 2.20. The average Bonchev–Trinajstić information content (AvgIpc) is 3.03. The van der Waals surface area contributed by atoms with E-state index in [1.165, 1.54) is 11.3 Å². The number of amides is 1. The number of rotatable bonds is 5. The van der Waals surface area contributed by atoms with Crippen molar-refractivity contribution in [1.82, 2.24) is 10.1 Å². The molecule has 19 heavy (non-hydrogen) atoms. The molecule has 6 heteroatoms. The Kier molecular flexibility index (Phi) is 4.34. The number of carbonyl (C=O) groups excluding carboxylic acids is 1. The summed E-state index contributed by atoms with van der Waals surface area (Å²) >= 11 is 1.53. The molecule has 0 bridgehead atoms. The first kappa shape index (κ1) is 13.8. The van der Waals surface area contributed by atoms with Crippen LogP contribution in [0.5, 0.6) is 0 Å². The van der Waals surface area contributed by atoms with Crippen molar-refractivity contribution >= 4 is 17.2 Å². The molecule has 0 spiro atoms. The van der Waals surface area contributed by atoms with Crippen molar-refractivity contribution in [1.29, 1.82) is 0 Å². The molecule has 2 aromatic heterocycles. The van der Waals surface area contributed by atoms with Crippen molar-refractivity contribution in [2.45, 2.75) is 19.9 Å². The molecule has 2 heterocycles. The van der Waals surface area contributed by atoms with Crippen LogP contribution < -0.4 is 0 Å². The maximum atomic E-state index is 12.3. The molecule has 0 saturated carbocycles. The molecule has 0 aliphatic carbocycles. The molecule has 0 saturated heterocycles. The summed E-state index contributed by atoms with van der Waals surface area (Å²) in [6.07, 6.45) is 0. The van der Waals surface area contributed by atoms with Gasteiger partial charge in [0.05, 0.1) is 11.5 Å². The highest BCUT2D eigenvalue weighted by atomic mass is 32.1. The molecule has 0 aromatic carbocycles. The molecule has 0 aliphatic heterocycles. The lowest BCUT2D eigenvalue weighted by Gasteiger charge is -2.24. The molecule has 0 fully saturated rings. The summed E-state index contributed by atoms with van der Waals surface area (Å²) in [4.78, 5) is 14.8. The topological polar surface area (TPSA) is 66.6 Å². The van der Waals surface area contributed by atoms with Gasteiger partial charge in [-0.25, -0.2) is 0 Å². The molecule has 2 aromatic rings. The lowest BCUT2D eigenvalue weighted by atomic mass is 10.2. The Bertz CT molecular complexity index is 534. The van der Waals surface area contributed by atoms with Gasteiger partial charge >= 0.3 is 0 Å². The van der Waals surface area contributed by atoms with Crippen LogP contribution in [-0.2, 0) is 0 Å². The Morgan fingerprint density at radius 3 is 2.95 bits per heavy atom. The molecular formula is C13H16N2O3S. The highest BCUT2D eigenvalue weighted by Gasteiger charge is 2.22. The van der Waals surface area contributed by atoms with E-state index >= 15 is 0 Å². The first-order valence-corrected chi connectivity index (χ1v) is 6.94. The van der Waals surface area contributed by atoms with Crippen LogP contribution in [0, 0.1) is 0 Å². The van der Waals surface area contributed by atoms with Crippen LogP contribution in [0.15, 0.2) is 28.1 Å².